The van der Waals surface area contributed by atoms with Crippen molar-refractivity contribution in [3.05, 3.63) is 62.3 Å². The van der Waals surface area contributed by atoms with E-state index in [0.29, 0.717) is 5.56 Å². The molecule has 0 fully saturated rings. The maximum Gasteiger partial charge on any atom is 0.330 e. The Labute approximate surface area is 123 Å². The maximum absolute atomic E-state index is 12.4. The smallest absolute Gasteiger partial charge is 0.330 e. The number of fused-ring (bicyclic) bond motifs is 1. The molecule has 0 aliphatic rings. The van der Waals surface area contributed by atoms with Crippen molar-refractivity contribution in [2.45, 2.75) is 0 Å². The number of nitriles is 1. The van der Waals surface area contributed by atoms with Gasteiger partial charge in [-0.15, -0.1) is 0 Å². The molecule has 0 atom stereocenters. The second-order valence-corrected chi connectivity index (χ2v) is 4.66. The number of aromatic amines is 1. The van der Waals surface area contributed by atoms with Crippen LogP contribution < -0.4 is 16.8 Å². The fourth-order valence-corrected chi connectivity index (χ4v) is 2.29. The van der Waals surface area contributed by atoms with E-state index in [4.69, 9.17) is 9.83 Å². The molecule has 0 aliphatic carbocycles. The third kappa shape index (κ3) is 1.86. The molecular formula is C15H10N4O3. The predicted molar refractivity (Wildman–Crippen MR) is 78.1 cm³/mol. The number of rotatable bonds is 1. The lowest BCUT2D eigenvalue weighted by atomic mass is 9.99. The summed E-state index contributed by atoms with van der Waals surface area (Å²) in [4.78, 5) is 26.5. The third-order valence-corrected chi connectivity index (χ3v) is 3.38. The molecule has 2 heterocycles. The van der Waals surface area contributed by atoms with E-state index in [-0.39, 0.29) is 22.2 Å². The van der Waals surface area contributed by atoms with E-state index in [1.165, 1.54) is 7.05 Å². The third-order valence-electron chi connectivity index (χ3n) is 3.38. The fourth-order valence-electron chi connectivity index (χ4n) is 2.29. The number of benzene rings is 1. The molecule has 0 unspecified atom stereocenters. The highest BCUT2D eigenvalue weighted by molar-refractivity contribution is 5.93. The Balaban J connectivity index is 2.67. The van der Waals surface area contributed by atoms with E-state index < -0.39 is 16.8 Å². The van der Waals surface area contributed by atoms with Crippen LogP contribution in [-0.4, -0.2) is 9.55 Å². The van der Waals surface area contributed by atoms with E-state index in [0.717, 1.165) is 4.57 Å². The van der Waals surface area contributed by atoms with Gasteiger partial charge >= 0.3 is 5.69 Å². The van der Waals surface area contributed by atoms with Crippen molar-refractivity contribution in [1.29, 1.82) is 10.7 Å². The summed E-state index contributed by atoms with van der Waals surface area (Å²) < 4.78 is 6.04. The molecule has 0 aliphatic heterocycles. The summed E-state index contributed by atoms with van der Waals surface area (Å²) in [5.41, 5.74) is -0.928. The second kappa shape index (κ2) is 4.86. The summed E-state index contributed by atoms with van der Waals surface area (Å²) in [7, 11) is 1.33. The zero-order valence-electron chi connectivity index (χ0n) is 11.5. The first-order chi connectivity index (χ1) is 10.5. The zero-order valence-corrected chi connectivity index (χ0v) is 11.5. The van der Waals surface area contributed by atoms with E-state index >= 15 is 0 Å². The van der Waals surface area contributed by atoms with Gasteiger partial charge in [-0.3, -0.25) is 19.8 Å². The number of hydrogen-bond acceptors (Lipinski definition) is 5. The first kappa shape index (κ1) is 13.6. The summed E-state index contributed by atoms with van der Waals surface area (Å²) in [5.74, 6) is 0. The van der Waals surface area contributed by atoms with Crippen LogP contribution in [0.5, 0.6) is 0 Å². The highest BCUT2D eigenvalue weighted by Crippen LogP contribution is 2.26. The van der Waals surface area contributed by atoms with E-state index in [2.05, 4.69) is 4.98 Å². The summed E-state index contributed by atoms with van der Waals surface area (Å²) in [6, 6.07) is 10.6. The van der Waals surface area contributed by atoms with Gasteiger partial charge in [0, 0.05) is 12.6 Å². The fraction of sp³-hybridized carbons (Fsp3) is 0.0667. The molecule has 22 heavy (non-hydrogen) atoms. The Morgan fingerprint density at radius 1 is 1.27 bits per heavy atom. The van der Waals surface area contributed by atoms with Crippen molar-refractivity contribution >= 4 is 11.1 Å². The standard InChI is InChI=1S/C15H10N4O3/c1-19-14(20)11-10(8-5-3-2-4-6-8)9(7-16)12(17)22-13(11)18-15(19)21/h2-6,17H,1H3,(H,18,21). The first-order valence-electron chi connectivity index (χ1n) is 6.35. The monoisotopic (exact) mass is 294 g/mol. The molecule has 0 saturated carbocycles. The SMILES string of the molecule is Cn1c(=O)[nH]c2oc(=N)c(C#N)c(-c3ccccc3)c2c1=O. The Morgan fingerprint density at radius 2 is 1.95 bits per heavy atom. The summed E-state index contributed by atoms with van der Waals surface area (Å²) >= 11 is 0. The quantitative estimate of drug-likeness (QED) is 0.691. The van der Waals surface area contributed by atoms with Crippen molar-refractivity contribution in [2.24, 2.45) is 7.05 Å². The molecule has 0 radical (unpaired) electrons. The lowest BCUT2D eigenvalue weighted by molar-refractivity contribution is 0.516. The van der Waals surface area contributed by atoms with Gasteiger partial charge in [0.2, 0.25) is 11.3 Å². The van der Waals surface area contributed by atoms with Crippen molar-refractivity contribution in [2.75, 3.05) is 0 Å². The number of nitrogens with one attached hydrogen (secondary N) is 2. The van der Waals surface area contributed by atoms with Crippen LogP contribution in [0.25, 0.3) is 22.2 Å². The number of hydrogen-bond donors (Lipinski definition) is 2. The van der Waals surface area contributed by atoms with Gasteiger partial charge in [-0.05, 0) is 5.56 Å². The lowest BCUT2D eigenvalue weighted by Crippen LogP contribution is -2.33. The van der Waals surface area contributed by atoms with Gasteiger partial charge in [0.15, 0.2) is 0 Å². The van der Waals surface area contributed by atoms with Gasteiger partial charge in [-0.2, -0.15) is 5.26 Å². The minimum absolute atomic E-state index is 0.0529. The number of nitrogens with zero attached hydrogens (tertiary/aromatic N) is 2. The predicted octanol–water partition coefficient (Wildman–Crippen LogP) is 0.838. The summed E-state index contributed by atoms with van der Waals surface area (Å²) in [6.45, 7) is 0. The molecule has 0 amide bonds. The van der Waals surface area contributed by atoms with Gasteiger partial charge in [-0.1, -0.05) is 30.3 Å². The average Bonchev–Trinajstić information content (AvgIpc) is 2.52. The minimum Gasteiger partial charge on any atom is -0.421 e. The van der Waals surface area contributed by atoms with Gasteiger partial charge in [0.1, 0.15) is 17.0 Å². The van der Waals surface area contributed by atoms with Crippen LogP contribution in [0.4, 0.5) is 0 Å². The molecule has 0 saturated heterocycles. The van der Waals surface area contributed by atoms with Crippen LogP contribution in [0, 0.1) is 16.7 Å². The molecular weight excluding hydrogens is 284 g/mol. The number of aromatic nitrogens is 2. The molecule has 7 heteroatoms. The first-order valence-corrected chi connectivity index (χ1v) is 6.35. The largest absolute Gasteiger partial charge is 0.421 e. The van der Waals surface area contributed by atoms with Crippen LogP contribution in [0.1, 0.15) is 5.56 Å². The summed E-state index contributed by atoms with van der Waals surface area (Å²) in [6.07, 6.45) is 0. The molecule has 3 aromatic rings. The Hall–Kier alpha value is -3.40. The molecule has 1 aromatic carbocycles. The van der Waals surface area contributed by atoms with Crippen molar-refractivity contribution in [3.63, 3.8) is 0 Å². The Bertz CT molecular complexity index is 1100. The topological polar surface area (TPSA) is 116 Å². The van der Waals surface area contributed by atoms with Gasteiger partial charge in [0.05, 0.1) is 0 Å². The Morgan fingerprint density at radius 3 is 2.59 bits per heavy atom. The van der Waals surface area contributed by atoms with E-state index in [9.17, 15) is 14.9 Å². The molecule has 0 bridgehead atoms. The van der Waals surface area contributed by atoms with Crippen molar-refractivity contribution in [1.82, 2.24) is 9.55 Å². The van der Waals surface area contributed by atoms with Crippen LogP contribution in [0.2, 0.25) is 0 Å². The van der Waals surface area contributed by atoms with Gasteiger partial charge in [-0.25, -0.2) is 4.79 Å². The summed E-state index contributed by atoms with van der Waals surface area (Å²) in [5, 5.41) is 17.2. The molecule has 2 N–H and O–H groups in total. The molecule has 0 spiro atoms. The second-order valence-electron chi connectivity index (χ2n) is 4.66. The molecule has 3 rings (SSSR count). The molecule has 7 nitrogen and oxygen atoms in total. The normalized spacial score (nSPS) is 10.5. The van der Waals surface area contributed by atoms with E-state index in [1.54, 1.807) is 30.3 Å². The molecule has 2 aromatic heterocycles. The molecule has 108 valence electrons. The van der Waals surface area contributed by atoms with Crippen LogP contribution in [0.3, 0.4) is 0 Å². The van der Waals surface area contributed by atoms with Crippen LogP contribution in [0.15, 0.2) is 44.3 Å². The van der Waals surface area contributed by atoms with E-state index in [1.807, 2.05) is 6.07 Å². The zero-order chi connectivity index (χ0) is 15.9. The minimum atomic E-state index is -0.649. The lowest BCUT2D eigenvalue weighted by Gasteiger charge is -2.08. The maximum atomic E-state index is 12.4. The van der Waals surface area contributed by atoms with Gasteiger partial charge in [0.25, 0.3) is 5.56 Å². The van der Waals surface area contributed by atoms with Crippen LogP contribution in [-0.2, 0) is 7.05 Å². The highest BCUT2D eigenvalue weighted by atomic mass is 16.3. The van der Waals surface area contributed by atoms with Crippen LogP contribution >= 0.6 is 0 Å². The Kier molecular flexibility index (Phi) is 3.00. The highest BCUT2D eigenvalue weighted by Gasteiger charge is 2.19. The average molecular weight is 294 g/mol. The van der Waals surface area contributed by atoms with Crippen molar-refractivity contribution in [3.8, 4) is 17.2 Å². The van der Waals surface area contributed by atoms with Crippen molar-refractivity contribution < 1.29 is 4.42 Å². The number of H-pyrrole nitrogens is 1. The van der Waals surface area contributed by atoms with Gasteiger partial charge < -0.3 is 4.42 Å².